The topological polar surface area (TPSA) is 38.7 Å². The van der Waals surface area contributed by atoms with E-state index < -0.39 is 5.60 Å². The van der Waals surface area contributed by atoms with Crippen molar-refractivity contribution in [3.8, 4) is 11.5 Å². The largest absolute Gasteiger partial charge is 0.496 e. The summed E-state index contributed by atoms with van der Waals surface area (Å²) in [5, 5.41) is 11.2. The van der Waals surface area contributed by atoms with Crippen molar-refractivity contribution in [1.82, 2.24) is 0 Å². The van der Waals surface area contributed by atoms with Crippen molar-refractivity contribution in [1.29, 1.82) is 0 Å². The minimum atomic E-state index is -1.20. The van der Waals surface area contributed by atoms with Gasteiger partial charge in [0.05, 0.1) is 19.8 Å². The first-order chi connectivity index (χ1) is 9.91. The lowest BCUT2D eigenvalue weighted by Crippen LogP contribution is -2.25. The molecule has 0 saturated heterocycles. The maximum absolute atomic E-state index is 11.2. The van der Waals surface area contributed by atoms with Crippen LogP contribution in [0.4, 0.5) is 0 Å². The van der Waals surface area contributed by atoms with Crippen LogP contribution in [0.5, 0.6) is 11.5 Å². The lowest BCUT2D eigenvalue weighted by molar-refractivity contribution is 0.0948. The first kappa shape index (κ1) is 15.4. The number of ether oxygens (including phenoxy) is 2. The SMILES string of the molecule is COc1cccc(OC)c1C(C)(O)c1cc(C)ccc1C. The molecule has 1 N–H and O–H groups in total. The summed E-state index contributed by atoms with van der Waals surface area (Å²) in [5.74, 6) is 1.22. The van der Waals surface area contributed by atoms with Gasteiger partial charge < -0.3 is 14.6 Å². The number of benzene rings is 2. The van der Waals surface area contributed by atoms with E-state index in [0.29, 0.717) is 17.1 Å². The molecule has 0 aliphatic heterocycles. The molecule has 0 saturated carbocycles. The molecule has 0 heterocycles. The van der Waals surface area contributed by atoms with Crippen LogP contribution >= 0.6 is 0 Å². The van der Waals surface area contributed by atoms with Crippen molar-refractivity contribution in [3.05, 3.63) is 58.7 Å². The number of rotatable bonds is 4. The Morgan fingerprint density at radius 2 is 1.52 bits per heavy atom. The van der Waals surface area contributed by atoms with Crippen LogP contribution in [0.1, 0.15) is 29.2 Å². The van der Waals surface area contributed by atoms with Crippen molar-refractivity contribution in [3.63, 3.8) is 0 Å². The average Bonchev–Trinajstić information content (AvgIpc) is 2.48. The summed E-state index contributed by atoms with van der Waals surface area (Å²) in [7, 11) is 3.19. The van der Waals surface area contributed by atoms with Crippen LogP contribution in [0.3, 0.4) is 0 Å². The molecule has 0 amide bonds. The van der Waals surface area contributed by atoms with Crippen molar-refractivity contribution < 1.29 is 14.6 Å². The Morgan fingerprint density at radius 3 is 2.05 bits per heavy atom. The predicted molar refractivity (Wildman–Crippen MR) is 84.1 cm³/mol. The molecule has 0 radical (unpaired) electrons. The van der Waals surface area contributed by atoms with Gasteiger partial charge in [0.2, 0.25) is 0 Å². The van der Waals surface area contributed by atoms with Crippen molar-refractivity contribution >= 4 is 0 Å². The van der Waals surface area contributed by atoms with Crippen LogP contribution in [0, 0.1) is 13.8 Å². The monoisotopic (exact) mass is 286 g/mol. The van der Waals surface area contributed by atoms with Crippen molar-refractivity contribution in [2.75, 3.05) is 14.2 Å². The number of hydrogen-bond acceptors (Lipinski definition) is 3. The molecule has 112 valence electrons. The predicted octanol–water partition coefficient (Wildman–Crippen LogP) is 3.58. The molecule has 0 aliphatic rings. The second-order valence-electron chi connectivity index (χ2n) is 5.43. The minimum Gasteiger partial charge on any atom is -0.496 e. The van der Waals surface area contributed by atoms with Gasteiger partial charge in [0.15, 0.2) is 0 Å². The average molecular weight is 286 g/mol. The lowest BCUT2D eigenvalue weighted by Gasteiger charge is -2.29. The number of aryl methyl sites for hydroxylation is 2. The Hall–Kier alpha value is -2.00. The van der Waals surface area contributed by atoms with E-state index in [4.69, 9.17) is 9.47 Å². The van der Waals surface area contributed by atoms with Gasteiger partial charge in [0.25, 0.3) is 0 Å². The van der Waals surface area contributed by atoms with Gasteiger partial charge >= 0.3 is 0 Å². The molecule has 3 nitrogen and oxygen atoms in total. The highest BCUT2D eigenvalue weighted by Gasteiger charge is 2.33. The Labute approximate surface area is 126 Å². The Balaban J connectivity index is 2.71. The van der Waals surface area contributed by atoms with Crippen LogP contribution in [0.2, 0.25) is 0 Å². The summed E-state index contributed by atoms with van der Waals surface area (Å²) in [6, 6.07) is 11.6. The molecular formula is C18H22O3. The van der Waals surface area contributed by atoms with E-state index in [1.54, 1.807) is 21.1 Å². The highest BCUT2D eigenvalue weighted by atomic mass is 16.5. The zero-order valence-corrected chi connectivity index (χ0v) is 13.2. The van der Waals surface area contributed by atoms with Gasteiger partial charge in [0.1, 0.15) is 17.1 Å². The summed E-state index contributed by atoms with van der Waals surface area (Å²) in [6.07, 6.45) is 0. The molecule has 0 aromatic heterocycles. The molecule has 2 aromatic carbocycles. The van der Waals surface area contributed by atoms with Crippen LogP contribution in [0.25, 0.3) is 0 Å². The molecule has 0 fully saturated rings. The molecule has 2 aromatic rings. The molecule has 0 spiro atoms. The molecule has 0 aliphatic carbocycles. The van der Waals surface area contributed by atoms with E-state index in [9.17, 15) is 5.11 Å². The van der Waals surface area contributed by atoms with Gasteiger partial charge in [-0.25, -0.2) is 0 Å². The summed E-state index contributed by atoms with van der Waals surface area (Å²) >= 11 is 0. The fraction of sp³-hybridized carbons (Fsp3) is 0.333. The maximum Gasteiger partial charge on any atom is 0.129 e. The third-order valence-electron chi connectivity index (χ3n) is 3.83. The van der Waals surface area contributed by atoms with Gasteiger partial charge in [-0.15, -0.1) is 0 Å². The lowest BCUT2D eigenvalue weighted by atomic mass is 9.83. The Morgan fingerprint density at radius 1 is 0.952 bits per heavy atom. The van der Waals surface area contributed by atoms with Gasteiger partial charge in [-0.2, -0.15) is 0 Å². The Bertz CT molecular complexity index is 623. The van der Waals surface area contributed by atoms with Crippen molar-refractivity contribution in [2.24, 2.45) is 0 Å². The molecule has 2 rings (SSSR count). The van der Waals surface area contributed by atoms with Gasteiger partial charge in [-0.3, -0.25) is 0 Å². The zero-order chi connectivity index (χ0) is 15.6. The molecule has 0 bridgehead atoms. The number of aliphatic hydroxyl groups is 1. The van der Waals surface area contributed by atoms with E-state index in [0.717, 1.165) is 16.7 Å². The fourth-order valence-electron chi connectivity index (χ4n) is 2.73. The summed E-state index contributed by atoms with van der Waals surface area (Å²) in [6.45, 7) is 5.78. The fourth-order valence-corrected chi connectivity index (χ4v) is 2.73. The summed E-state index contributed by atoms with van der Waals surface area (Å²) < 4.78 is 10.9. The molecule has 1 atom stereocenters. The summed E-state index contributed by atoms with van der Waals surface area (Å²) in [4.78, 5) is 0. The quantitative estimate of drug-likeness (QED) is 0.933. The zero-order valence-electron chi connectivity index (χ0n) is 13.2. The molecule has 3 heteroatoms. The van der Waals surface area contributed by atoms with Crippen molar-refractivity contribution in [2.45, 2.75) is 26.4 Å². The highest BCUT2D eigenvalue weighted by molar-refractivity contribution is 5.54. The minimum absolute atomic E-state index is 0.611. The second kappa shape index (κ2) is 5.78. The maximum atomic E-state index is 11.2. The third kappa shape index (κ3) is 2.74. The second-order valence-corrected chi connectivity index (χ2v) is 5.43. The van der Waals surface area contributed by atoms with Gasteiger partial charge in [0, 0.05) is 0 Å². The first-order valence-corrected chi connectivity index (χ1v) is 6.93. The van der Waals surface area contributed by atoms with E-state index in [1.165, 1.54) is 0 Å². The third-order valence-corrected chi connectivity index (χ3v) is 3.83. The highest BCUT2D eigenvalue weighted by Crippen LogP contribution is 2.42. The van der Waals surface area contributed by atoms with Gasteiger partial charge in [-0.1, -0.05) is 29.8 Å². The Kier molecular flexibility index (Phi) is 4.24. The van der Waals surface area contributed by atoms with E-state index in [-0.39, 0.29) is 0 Å². The first-order valence-electron chi connectivity index (χ1n) is 6.93. The number of methoxy groups -OCH3 is 2. The molecular weight excluding hydrogens is 264 g/mol. The van der Waals surface area contributed by atoms with Crippen LogP contribution in [0.15, 0.2) is 36.4 Å². The standard InChI is InChI=1S/C18H22O3/c1-12-9-10-13(2)14(11-12)18(3,19)17-15(20-4)7-6-8-16(17)21-5/h6-11,19H,1-5H3. The van der Waals surface area contributed by atoms with Crippen LogP contribution in [-0.4, -0.2) is 19.3 Å². The molecule has 1 unspecified atom stereocenters. The van der Waals surface area contributed by atoms with E-state index in [2.05, 4.69) is 0 Å². The van der Waals surface area contributed by atoms with Gasteiger partial charge in [-0.05, 0) is 44.0 Å². The smallest absolute Gasteiger partial charge is 0.129 e. The molecule has 21 heavy (non-hydrogen) atoms. The van der Waals surface area contributed by atoms with Crippen LogP contribution < -0.4 is 9.47 Å². The number of hydrogen-bond donors (Lipinski definition) is 1. The van der Waals surface area contributed by atoms with E-state index in [1.807, 2.05) is 50.2 Å². The van der Waals surface area contributed by atoms with E-state index >= 15 is 0 Å². The van der Waals surface area contributed by atoms with Crippen LogP contribution in [-0.2, 0) is 5.60 Å². The normalized spacial score (nSPS) is 13.6. The summed E-state index contributed by atoms with van der Waals surface area (Å²) in [5.41, 5.74) is 2.42.